The Morgan fingerprint density at radius 3 is 2.68 bits per heavy atom. The molecule has 0 fully saturated rings. The van der Waals surface area contributed by atoms with E-state index in [1.54, 1.807) is 0 Å². The van der Waals surface area contributed by atoms with Crippen LogP contribution in [0.2, 0.25) is 0 Å². The van der Waals surface area contributed by atoms with Crippen LogP contribution in [0.15, 0.2) is 53.4 Å². The van der Waals surface area contributed by atoms with Crippen LogP contribution in [0.3, 0.4) is 0 Å². The maximum Gasteiger partial charge on any atom is 0.230 e. The predicted octanol–water partition coefficient (Wildman–Crippen LogP) is 3.38. The summed E-state index contributed by atoms with van der Waals surface area (Å²) in [6.45, 7) is 3.03. The topological polar surface area (TPSA) is 56.1 Å². The monoisotopic (exact) mass is 355 g/mol. The second-order valence-electron chi connectivity index (χ2n) is 5.55. The lowest BCUT2D eigenvalue weighted by Gasteiger charge is -2.07. The number of rotatable bonds is 7. The summed E-state index contributed by atoms with van der Waals surface area (Å²) in [5, 5.41) is 2.93. The molecular weight excluding hydrogens is 334 g/mol. The molecule has 3 aromatic rings. The molecule has 0 saturated carbocycles. The van der Waals surface area contributed by atoms with Gasteiger partial charge in [0.25, 0.3) is 0 Å². The lowest BCUT2D eigenvalue weighted by molar-refractivity contribution is -0.118. The van der Waals surface area contributed by atoms with Crippen molar-refractivity contribution in [1.29, 1.82) is 0 Å². The fourth-order valence-electron chi connectivity index (χ4n) is 2.53. The van der Waals surface area contributed by atoms with E-state index >= 15 is 0 Å². The van der Waals surface area contributed by atoms with E-state index in [4.69, 9.17) is 4.74 Å². The molecule has 1 N–H and O–H groups in total. The van der Waals surface area contributed by atoms with Crippen molar-refractivity contribution in [2.24, 2.45) is 7.05 Å². The summed E-state index contributed by atoms with van der Waals surface area (Å²) in [7, 11) is 1.96. The second kappa shape index (κ2) is 8.07. The molecule has 0 radical (unpaired) electrons. The van der Waals surface area contributed by atoms with Gasteiger partial charge in [0, 0.05) is 11.9 Å². The molecule has 25 heavy (non-hydrogen) atoms. The van der Waals surface area contributed by atoms with Crippen LogP contribution in [-0.2, 0) is 18.4 Å². The quantitative estimate of drug-likeness (QED) is 0.660. The van der Waals surface area contributed by atoms with Crippen molar-refractivity contribution < 1.29 is 9.53 Å². The Kier molecular flexibility index (Phi) is 5.60. The van der Waals surface area contributed by atoms with Gasteiger partial charge in [-0.25, -0.2) is 4.98 Å². The van der Waals surface area contributed by atoms with Gasteiger partial charge in [0.15, 0.2) is 0 Å². The molecule has 0 spiro atoms. The number of carbonyl (C=O) groups excluding carboxylic acids is 1. The van der Waals surface area contributed by atoms with E-state index in [0.717, 1.165) is 27.5 Å². The lowest BCUT2D eigenvalue weighted by atomic mass is 10.3. The second-order valence-corrected chi connectivity index (χ2v) is 6.59. The maximum atomic E-state index is 12.1. The van der Waals surface area contributed by atoms with Crippen LogP contribution in [-0.4, -0.2) is 27.8 Å². The SMILES string of the molecule is CCOc1ccc(SCC(=O)NCc2nc3ccccc3n2C)cc1. The number of imidazole rings is 1. The Balaban J connectivity index is 1.51. The molecule has 1 heterocycles. The molecule has 0 saturated heterocycles. The normalized spacial score (nSPS) is 10.8. The molecule has 3 rings (SSSR count). The average molecular weight is 355 g/mol. The van der Waals surface area contributed by atoms with Gasteiger partial charge in [0.05, 0.1) is 29.9 Å². The van der Waals surface area contributed by atoms with Crippen molar-refractivity contribution in [1.82, 2.24) is 14.9 Å². The van der Waals surface area contributed by atoms with Crippen LogP contribution >= 0.6 is 11.8 Å². The Bertz CT molecular complexity index is 859. The number of aryl methyl sites for hydroxylation is 1. The van der Waals surface area contributed by atoms with Crippen LogP contribution in [0.1, 0.15) is 12.7 Å². The summed E-state index contributed by atoms with van der Waals surface area (Å²) in [6, 6.07) is 15.7. The van der Waals surface area contributed by atoms with E-state index in [9.17, 15) is 4.79 Å². The fraction of sp³-hybridized carbons (Fsp3) is 0.263. The zero-order valence-corrected chi connectivity index (χ0v) is 15.2. The van der Waals surface area contributed by atoms with Crippen molar-refractivity contribution in [2.45, 2.75) is 18.4 Å². The predicted molar refractivity (Wildman–Crippen MR) is 101 cm³/mol. The minimum atomic E-state index is -0.00839. The van der Waals surface area contributed by atoms with Crippen molar-refractivity contribution in [3.05, 3.63) is 54.4 Å². The molecule has 0 aliphatic rings. The molecule has 0 aliphatic heterocycles. The first-order valence-electron chi connectivity index (χ1n) is 8.20. The number of ether oxygens (including phenoxy) is 1. The van der Waals surface area contributed by atoms with Crippen molar-refractivity contribution in [2.75, 3.05) is 12.4 Å². The highest BCUT2D eigenvalue weighted by Gasteiger charge is 2.09. The Hall–Kier alpha value is -2.47. The van der Waals surface area contributed by atoms with Gasteiger partial charge in [-0.3, -0.25) is 4.79 Å². The van der Waals surface area contributed by atoms with Gasteiger partial charge in [0.2, 0.25) is 5.91 Å². The van der Waals surface area contributed by atoms with Gasteiger partial charge in [0.1, 0.15) is 11.6 Å². The Labute approximate surface area is 151 Å². The summed E-state index contributed by atoms with van der Waals surface area (Å²) < 4.78 is 7.42. The summed E-state index contributed by atoms with van der Waals surface area (Å²) in [4.78, 5) is 17.7. The number of benzene rings is 2. The molecule has 0 unspecified atom stereocenters. The molecule has 1 amide bonds. The highest BCUT2D eigenvalue weighted by molar-refractivity contribution is 8.00. The highest BCUT2D eigenvalue weighted by Crippen LogP contribution is 2.21. The Morgan fingerprint density at radius 2 is 1.96 bits per heavy atom. The van der Waals surface area contributed by atoms with Crippen molar-refractivity contribution in [3.63, 3.8) is 0 Å². The van der Waals surface area contributed by atoms with Gasteiger partial charge in [-0.2, -0.15) is 0 Å². The fourth-order valence-corrected chi connectivity index (χ4v) is 3.26. The first kappa shape index (κ1) is 17.4. The number of thioether (sulfide) groups is 1. The van der Waals surface area contributed by atoms with Gasteiger partial charge >= 0.3 is 0 Å². The lowest BCUT2D eigenvalue weighted by Crippen LogP contribution is -2.26. The number of para-hydroxylation sites is 2. The maximum absolute atomic E-state index is 12.1. The summed E-state index contributed by atoms with van der Waals surface area (Å²) in [5.41, 5.74) is 2.01. The number of nitrogens with zero attached hydrogens (tertiary/aromatic N) is 2. The van der Waals surface area contributed by atoms with Crippen LogP contribution in [0.4, 0.5) is 0 Å². The largest absolute Gasteiger partial charge is 0.494 e. The number of aromatic nitrogens is 2. The summed E-state index contributed by atoms with van der Waals surface area (Å²) >= 11 is 1.50. The van der Waals surface area contributed by atoms with E-state index in [0.29, 0.717) is 18.9 Å². The molecule has 0 aliphatic carbocycles. The average Bonchev–Trinajstić information content (AvgIpc) is 2.96. The number of nitrogens with one attached hydrogen (secondary N) is 1. The molecular formula is C19H21N3O2S. The molecule has 0 bridgehead atoms. The van der Waals surface area contributed by atoms with Crippen LogP contribution in [0, 0.1) is 0 Å². The number of hydrogen-bond acceptors (Lipinski definition) is 4. The molecule has 2 aromatic carbocycles. The number of fused-ring (bicyclic) bond motifs is 1. The smallest absolute Gasteiger partial charge is 0.230 e. The third kappa shape index (κ3) is 4.33. The van der Waals surface area contributed by atoms with E-state index < -0.39 is 0 Å². The van der Waals surface area contributed by atoms with E-state index in [1.165, 1.54) is 11.8 Å². The first-order valence-corrected chi connectivity index (χ1v) is 9.18. The highest BCUT2D eigenvalue weighted by atomic mass is 32.2. The third-order valence-corrected chi connectivity index (χ3v) is 4.84. The molecule has 130 valence electrons. The van der Waals surface area contributed by atoms with E-state index in [-0.39, 0.29) is 5.91 Å². The standard InChI is InChI=1S/C19H21N3O2S/c1-3-24-14-8-10-15(11-9-14)25-13-19(23)20-12-18-21-16-6-4-5-7-17(16)22(18)2/h4-11H,3,12-13H2,1-2H3,(H,20,23). The Morgan fingerprint density at radius 1 is 1.20 bits per heavy atom. The van der Waals surface area contributed by atoms with Gasteiger partial charge in [-0.05, 0) is 43.3 Å². The minimum Gasteiger partial charge on any atom is -0.494 e. The van der Waals surface area contributed by atoms with E-state index in [2.05, 4.69) is 10.3 Å². The van der Waals surface area contributed by atoms with Crippen LogP contribution in [0.5, 0.6) is 5.75 Å². The van der Waals surface area contributed by atoms with E-state index in [1.807, 2.05) is 67.1 Å². The minimum absolute atomic E-state index is 0.00839. The van der Waals surface area contributed by atoms with Crippen molar-refractivity contribution in [3.8, 4) is 5.75 Å². The zero-order chi connectivity index (χ0) is 17.6. The van der Waals surface area contributed by atoms with Gasteiger partial charge < -0.3 is 14.6 Å². The molecule has 6 heteroatoms. The number of amides is 1. The first-order chi connectivity index (χ1) is 12.2. The van der Waals surface area contributed by atoms with Crippen molar-refractivity contribution >= 4 is 28.7 Å². The summed E-state index contributed by atoms with van der Waals surface area (Å²) in [5.74, 6) is 2.06. The third-order valence-electron chi connectivity index (χ3n) is 3.83. The van der Waals surface area contributed by atoms with Crippen LogP contribution in [0.25, 0.3) is 11.0 Å². The zero-order valence-electron chi connectivity index (χ0n) is 14.4. The van der Waals surface area contributed by atoms with Crippen LogP contribution < -0.4 is 10.1 Å². The van der Waals surface area contributed by atoms with Gasteiger partial charge in [-0.1, -0.05) is 12.1 Å². The van der Waals surface area contributed by atoms with Gasteiger partial charge in [-0.15, -0.1) is 11.8 Å². The number of carbonyl (C=O) groups is 1. The molecule has 5 nitrogen and oxygen atoms in total. The summed E-state index contributed by atoms with van der Waals surface area (Å²) in [6.07, 6.45) is 0. The molecule has 0 atom stereocenters. The number of hydrogen-bond donors (Lipinski definition) is 1. The molecule has 1 aromatic heterocycles.